The number of aliphatic carboxylic acids is 1. The minimum absolute atomic E-state index is 0. The minimum atomic E-state index is -2.04. The highest BCUT2D eigenvalue weighted by atomic mass is 35.5. The second-order valence-electron chi connectivity index (χ2n) is 1.89. The van der Waals surface area contributed by atoms with Gasteiger partial charge in [-0.2, -0.15) is 0 Å². The van der Waals surface area contributed by atoms with Crippen molar-refractivity contribution in [1.82, 2.24) is 0 Å². The van der Waals surface area contributed by atoms with Gasteiger partial charge in [-0.05, 0) is 19.3 Å². The van der Waals surface area contributed by atoms with Crippen LogP contribution in [-0.2, 0) is 4.79 Å². The van der Waals surface area contributed by atoms with Crippen LogP contribution in [0.1, 0.15) is 23.4 Å². The largest absolute Gasteiger partial charge is 0.480 e. The normalized spacial score (nSPS) is 20.0. The average Bonchev–Trinajstić information content (AvgIpc) is 1.82. The van der Waals surface area contributed by atoms with Crippen LogP contribution in [0.25, 0.3) is 0 Å². The first-order valence-electron chi connectivity index (χ1n) is 4.46. The van der Waals surface area contributed by atoms with E-state index in [9.17, 15) is 4.79 Å². The third-order valence-corrected chi connectivity index (χ3v) is 1.04. The summed E-state index contributed by atoms with van der Waals surface area (Å²) in [5.41, 5.74) is 10.1. The first-order valence-corrected chi connectivity index (χ1v) is 2.96. The highest BCUT2D eigenvalue weighted by Gasteiger charge is 2.09. The van der Waals surface area contributed by atoms with Crippen LogP contribution < -0.4 is 11.5 Å². The topological polar surface area (TPSA) is 89.3 Å². The number of halogens is 1. The third kappa shape index (κ3) is 7.58. The maximum absolute atomic E-state index is 10.3. The fourth-order valence-electron chi connectivity index (χ4n) is 0.488. The molecule has 0 saturated carbocycles. The molecular weight excluding hydrogens is 168 g/mol. The molecule has 0 aliphatic rings. The summed E-state index contributed by atoms with van der Waals surface area (Å²) in [5, 5.41) is 8.43. The minimum Gasteiger partial charge on any atom is -0.480 e. The summed E-state index contributed by atoms with van der Waals surface area (Å²) >= 11 is 0. The molecule has 68 valence electrons. The molecule has 0 fully saturated rings. The first-order chi connectivity index (χ1) is 5.65. The predicted octanol–water partition coefficient (Wildman–Crippen LogP) is -0.0509. The molecular formula is C6H15ClN2O2. The lowest BCUT2D eigenvalue weighted by molar-refractivity contribution is -0.138. The molecule has 0 spiro atoms. The molecule has 5 heteroatoms. The quantitative estimate of drug-likeness (QED) is 0.560. The molecule has 11 heavy (non-hydrogen) atoms. The van der Waals surface area contributed by atoms with Crippen LogP contribution in [-0.4, -0.2) is 23.6 Å². The Labute approximate surface area is 76.6 Å². The molecule has 0 aromatic carbocycles. The Kier molecular flexibility index (Phi) is 5.19. The van der Waals surface area contributed by atoms with E-state index in [4.69, 9.17) is 20.7 Å². The van der Waals surface area contributed by atoms with Crippen LogP contribution >= 0.6 is 12.4 Å². The van der Waals surface area contributed by atoms with E-state index in [1.807, 2.05) is 0 Å². The van der Waals surface area contributed by atoms with Gasteiger partial charge >= 0.3 is 5.97 Å². The van der Waals surface area contributed by atoms with Gasteiger partial charge < -0.3 is 16.6 Å². The van der Waals surface area contributed by atoms with Crippen molar-refractivity contribution >= 4 is 18.4 Å². The number of carboxylic acids is 1. The maximum atomic E-state index is 10.3. The van der Waals surface area contributed by atoms with Crippen LogP contribution in [0, 0.1) is 0 Å². The second kappa shape index (κ2) is 7.78. The van der Waals surface area contributed by atoms with Gasteiger partial charge in [-0.3, -0.25) is 4.79 Å². The molecule has 0 rings (SSSR count). The van der Waals surface area contributed by atoms with Gasteiger partial charge in [0.25, 0.3) is 0 Å². The zero-order valence-corrected chi connectivity index (χ0v) is 6.86. The van der Waals surface area contributed by atoms with Crippen molar-refractivity contribution in [3.8, 4) is 0 Å². The fourth-order valence-corrected chi connectivity index (χ4v) is 0.488. The monoisotopic (exact) mass is 185 g/mol. The molecule has 0 radical (unpaired) electrons. The summed E-state index contributed by atoms with van der Waals surface area (Å²) in [6.45, 7) is -1.82. The van der Waals surface area contributed by atoms with Gasteiger partial charge in [0.2, 0.25) is 0 Å². The molecule has 0 aliphatic carbocycles. The van der Waals surface area contributed by atoms with Gasteiger partial charge in [-0.15, -0.1) is 12.4 Å². The molecule has 0 aromatic heterocycles. The van der Waals surface area contributed by atoms with Gasteiger partial charge in [0.1, 0.15) is 6.02 Å². The Morgan fingerprint density at radius 2 is 2.27 bits per heavy atom. The number of carboxylic acid groups (broad SMARTS) is 1. The average molecular weight is 186 g/mol. The molecule has 0 aromatic rings. The highest BCUT2D eigenvalue weighted by molar-refractivity contribution is 5.85. The Hall–Kier alpha value is -0.320. The summed E-state index contributed by atoms with van der Waals surface area (Å²) in [7, 11) is 0. The summed E-state index contributed by atoms with van der Waals surface area (Å²) in [6, 6.07) is -2.04. The van der Waals surface area contributed by atoms with Crippen molar-refractivity contribution in [3.63, 3.8) is 0 Å². The molecule has 4 nitrogen and oxygen atoms in total. The van der Waals surface area contributed by atoms with E-state index in [0.717, 1.165) is 0 Å². The maximum Gasteiger partial charge on any atom is 0.320 e. The molecule has 0 amide bonds. The van der Waals surface area contributed by atoms with Crippen LogP contribution in [0.5, 0.6) is 0 Å². The molecule has 0 unspecified atom stereocenters. The summed E-state index contributed by atoms with van der Waals surface area (Å²) in [5.74, 6) is -1.41. The number of carbonyl (C=O) groups is 1. The number of rotatable bonds is 5. The van der Waals surface area contributed by atoms with E-state index in [1.54, 1.807) is 0 Å². The predicted molar refractivity (Wildman–Crippen MR) is 45.8 cm³/mol. The van der Waals surface area contributed by atoms with Crippen molar-refractivity contribution < 1.29 is 14.0 Å². The van der Waals surface area contributed by atoms with E-state index in [-0.39, 0.29) is 31.7 Å². The second-order valence-corrected chi connectivity index (χ2v) is 1.89. The highest BCUT2D eigenvalue weighted by Crippen LogP contribution is 1.96. The Bertz CT molecular complexity index is 196. The molecule has 0 aliphatic heterocycles. The standard InChI is InChI=1S/C6H14N2O2.ClH/c7-4-2-1-3-5(8)6(9)10;/h5H,1-4,7-8H2,(H,9,10);1H/t5-;/m0./s1/i4D2,5D;. The number of nitrogens with two attached hydrogens (primary N) is 2. The fraction of sp³-hybridized carbons (Fsp3) is 0.833. The van der Waals surface area contributed by atoms with Crippen molar-refractivity contribution in [1.29, 1.82) is 0 Å². The molecule has 0 bridgehead atoms. The molecule has 5 N–H and O–H groups in total. The molecule has 0 saturated heterocycles. The summed E-state index contributed by atoms with van der Waals surface area (Å²) in [6.07, 6.45) is 0.0625. The van der Waals surface area contributed by atoms with Gasteiger partial charge in [-0.25, -0.2) is 0 Å². The van der Waals surface area contributed by atoms with Crippen molar-refractivity contribution in [2.75, 3.05) is 6.50 Å². The Balaban J connectivity index is 0. The smallest absolute Gasteiger partial charge is 0.320 e. The number of hydrogen-bond donors (Lipinski definition) is 3. The van der Waals surface area contributed by atoms with E-state index >= 15 is 0 Å². The van der Waals surface area contributed by atoms with Gasteiger partial charge in [-0.1, -0.05) is 6.42 Å². The van der Waals surface area contributed by atoms with E-state index in [0.29, 0.717) is 0 Å². The summed E-state index contributed by atoms with van der Waals surface area (Å²) < 4.78 is 21.0. The summed E-state index contributed by atoms with van der Waals surface area (Å²) in [4.78, 5) is 10.3. The van der Waals surface area contributed by atoms with E-state index in [1.165, 1.54) is 0 Å². The lowest BCUT2D eigenvalue weighted by Gasteiger charge is -2.03. The van der Waals surface area contributed by atoms with E-state index < -0.39 is 18.5 Å². The lowest BCUT2D eigenvalue weighted by atomic mass is 10.1. The van der Waals surface area contributed by atoms with Crippen LogP contribution in [0.2, 0.25) is 0 Å². The van der Waals surface area contributed by atoms with Gasteiger partial charge in [0.05, 0.1) is 1.37 Å². The van der Waals surface area contributed by atoms with Gasteiger partial charge in [0, 0.05) is 2.74 Å². The lowest BCUT2D eigenvalue weighted by Crippen LogP contribution is -2.29. The molecule has 1 atom stereocenters. The number of hydrogen-bond acceptors (Lipinski definition) is 3. The SMILES string of the molecule is Cl.[2H]C([2H])(N)CCC[C@]([2H])(N)C(=O)O. The van der Waals surface area contributed by atoms with Crippen LogP contribution in [0.4, 0.5) is 0 Å². The van der Waals surface area contributed by atoms with Crippen molar-refractivity contribution in [2.24, 2.45) is 11.5 Å². The van der Waals surface area contributed by atoms with Crippen molar-refractivity contribution in [3.05, 3.63) is 0 Å². The zero-order valence-electron chi connectivity index (χ0n) is 9.04. The Morgan fingerprint density at radius 3 is 2.64 bits per heavy atom. The van der Waals surface area contributed by atoms with E-state index in [2.05, 4.69) is 0 Å². The third-order valence-electron chi connectivity index (χ3n) is 1.04. The zero-order chi connectivity index (χ0) is 10.7. The van der Waals surface area contributed by atoms with Crippen LogP contribution in [0.15, 0.2) is 0 Å². The first kappa shape index (κ1) is 7.34. The van der Waals surface area contributed by atoms with Crippen molar-refractivity contribution in [2.45, 2.75) is 25.3 Å². The van der Waals surface area contributed by atoms with Crippen LogP contribution in [0.3, 0.4) is 0 Å². The van der Waals surface area contributed by atoms with Gasteiger partial charge in [0.15, 0.2) is 0 Å². The molecule has 0 heterocycles. The Morgan fingerprint density at radius 1 is 1.73 bits per heavy atom.